The second kappa shape index (κ2) is 13.4. The van der Waals surface area contributed by atoms with Crippen molar-refractivity contribution in [2.75, 3.05) is 13.2 Å². The van der Waals surface area contributed by atoms with E-state index < -0.39 is 67.0 Å². The number of rotatable bonds is 10. The van der Waals surface area contributed by atoms with E-state index >= 15 is 0 Å². The molecule has 0 aliphatic carbocycles. The van der Waals surface area contributed by atoms with Gasteiger partial charge in [-0.1, -0.05) is 30.3 Å². The van der Waals surface area contributed by atoms with E-state index in [1.807, 2.05) is 30.3 Å². The first-order chi connectivity index (χ1) is 16.6. The molecule has 1 heterocycles. The Balaban J connectivity index is 2.24. The zero-order valence-electron chi connectivity index (χ0n) is 19.9. The van der Waals surface area contributed by atoms with Gasteiger partial charge in [-0.25, -0.2) is 0 Å². The quantitative estimate of drug-likeness (QED) is 0.354. The average molecular weight is 495 g/mol. The summed E-state index contributed by atoms with van der Waals surface area (Å²) in [5.74, 6) is -3.54. The molecular weight excluding hydrogens is 466 g/mol. The molecule has 0 saturated carbocycles. The Morgan fingerprint density at radius 3 is 2.00 bits per heavy atom. The topological polar surface area (TPSA) is 153 Å². The van der Waals surface area contributed by atoms with E-state index in [4.69, 9.17) is 28.4 Å². The molecule has 0 aromatic heterocycles. The monoisotopic (exact) mass is 495 g/mol. The molecule has 1 aromatic carbocycles. The van der Waals surface area contributed by atoms with Crippen molar-refractivity contribution in [1.82, 2.24) is 5.32 Å². The van der Waals surface area contributed by atoms with Crippen molar-refractivity contribution in [2.45, 2.75) is 64.9 Å². The second-order valence-electron chi connectivity index (χ2n) is 7.67. The number of hydrogen-bond donors (Lipinski definition) is 1. The van der Waals surface area contributed by atoms with Gasteiger partial charge in [-0.2, -0.15) is 0 Å². The number of ether oxygens (including phenoxy) is 6. The second-order valence-corrected chi connectivity index (χ2v) is 7.67. The van der Waals surface area contributed by atoms with Gasteiger partial charge in [-0.05, 0) is 5.56 Å². The first-order valence-electron chi connectivity index (χ1n) is 10.8. The third-order valence-electron chi connectivity index (χ3n) is 4.66. The molecule has 0 spiro atoms. The van der Waals surface area contributed by atoms with E-state index in [0.29, 0.717) is 0 Å². The Bertz CT molecular complexity index is 904. The summed E-state index contributed by atoms with van der Waals surface area (Å²) in [6, 6.07) is 7.88. The van der Waals surface area contributed by atoms with Gasteiger partial charge in [0.2, 0.25) is 12.2 Å². The highest BCUT2D eigenvalue weighted by Gasteiger charge is 2.52. The van der Waals surface area contributed by atoms with E-state index in [0.717, 1.165) is 33.3 Å². The number of carbonyl (C=O) groups is 5. The lowest BCUT2D eigenvalue weighted by atomic mass is 9.96. The Hall–Kier alpha value is -3.51. The Labute approximate surface area is 202 Å². The lowest BCUT2D eigenvalue weighted by Crippen LogP contribution is -2.67. The van der Waals surface area contributed by atoms with Crippen LogP contribution in [0.1, 0.15) is 33.3 Å². The fourth-order valence-electron chi connectivity index (χ4n) is 3.38. The zero-order valence-corrected chi connectivity index (χ0v) is 19.9. The van der Waals surface area contributed by atoms with Crippen LogP contribution >= 0.6 is 0 Å². The van der Waals surface area contributed by atoms with Crippen LogP contribution in [0.25, 0.3) is 0 Å². The number of esters is 4. The molecule has 0 bridgehead atoms. The normalized spacial score (nSPS) is 23.5. The Morgan fingerprint density at radius 2 is 1.43 bits per heavy atom. The van der Waals surface area contributed by atoms with Crippen LogP contribution in [0.2, 0.25) is 0 Å². The number of nitrogens with one attached hydrogen (secondary N) is 1. The van der Waals surface area contributed by atoms with E-state index in [1.165, 1.54) is 0 Å². The smallest absolute Gasteiger partial charge is 0.305 e. The predicted octanol–water partition coefficient (Wildman–Crippen LogP) is 0.403. The van der Waals surface area contributed by atoms with Gasteiger partial charge in [-0.15, -0.1) is 0 Å². The molecule has 5 atom stereocenters. The van der Waals surface area contributed by atoms with Crippen LogP contribution in [-0.4, -0.2) is 73.6 Å². The van der Waals surface area contributed by atoms with Crippen LogP contribution in [0.4, 0.5) is 0 Å². The lowest BCUT2D eigenvalue weighted by Gasteiger charge is -2.44. The molecule has 1 amide bonds. The first kappa shape index (κ1) is 27.7. The molecule has 1 N–H and O–H groups in total. The summed E-state index contributed by atoms with van der Waals surface area (Å²) in [6.45, 7) is 3.90. The molecule has 1 aliphatic rings. The van der Waals surface area contributed by atoms with Crippen LogP contribution in [0, 0.1) is 0 Å². The van der Waals surface area contributed by atoms with E-state index in [-0.39, 0.29) is 13.2 Å². The molecule has 192 valence electrons. The summed E-state index contributed by atoms with van der Waals surface area (Å²) in [4.78, 5) is 59.3. The maximum atomic E-state index is 12.6. The molecule has 12 heteroatoms. The van der Waals surface area contributed by atoms with Gasteiger partial charge in [0.25, 0.3) is 0 Å². The molecule has 1 saturated heterocycles. The van der Waals surface area contributed by atoms with E-state index in [2.05, 4.69) is 5.32 Å². The fraction of sp³-hybridized carbons (Fsp3) is 0.522. The zero-order chi connectivity index (χ0) is 26.0. The van der Waals surface area contributed by atoms with Crippen molar-refractivity contribution in [2.24, 2.45) is 0 Å². The number of carbonyl (C=O) groups excluding carboxylic acids is 5. The van der Waals surface area contributed by atoms with E-state index in [9.17, 15) is 24.0 Å². The van der Waals surface area contributed by atoms with Crippen LogP contribution < -0.4 is 5.32 Å². The predicted molar refractivity (Wildman–Crippen MR) is 116 cm³/mol. The molecule has 1 aliphatic heterocycles. The van der Waals surface area contributed by atoms with Gasteiger partial charge in [0.1, 0.15) is 25.4 Å². The van der Waals surface area contributed by atoms with Crippen molar-refractivity contribution in [1.29, 1.82) is 0 Å². The Kier molecular flexibility index (Phi) is 10.6. The summed E-state index contributed by atoms with van der Waals surface area (Å²) < 4.78 is 32.0. The van der Waals surface area contributed by atoms with Crippen molar-refractivity contribution in [3.05, 3.63) is 35.9 Å². The number of hydrogen-bond acceptors (Lipinski definition) is 11. The highest BCUT2D eigenvalue weighted by Crippen LogP contribution is 2.28. The summed E-state index contributed by atoms with van der Waals surface area (Å²) >= 11 is 0. The maximum Gasteiger partial charge on any atom is 0.305 e. The van der Waals surface area contributed by atoms with Crippen molar-refractivity contribution in [3.8, 4) is 0 Å². The van der Waals surface area contributed by atoms with Crippen LogP contribution in [0.5, 0.6) is 0 Å². The van der Waals surface area contributed by atoms with Gasteiger partial charge >= 0.3 is 23.9 Å². The van der Waals surface area contributed by atoms with Gasteiger partial charge < -0.3 is 33.7 Å². The van der Waals surface area contributed by atoms with Crippen LogP contribution in [0.3, 0.4) is 0 Å². The van der Waals surface area contributed by atoms with Crippen molar-refractivity contribution >= 4 is 29.8 Å². The van der Waals surface area contributed by atoms with Crippen LogP contribution in [-0.2, 0) is 59.0 Å². The standard InChI is InChI=1S/C23H29NO11/c1-13(25)31-11-18-21(32-14(2)26)22(33-15(3)27)20(23(35-18)34-16(4)28)24-19(29)12-30-10-17-8-6-5-7-9-17/h5-9,18,20-23H,10-12H2,1-4H3,(H,24,29)/t18?,20?,21-,22?,23?/m0/s1. The largest absolute Gasteiger partial charge is 0.463 e. The molecule has 1 fully saturated rings. The molecule has 0 radical (unpaired) electrons. The Morgan fingerprint density at radius 1 is 0.829 bits per heavy atom. The molecule has 2 rings (SSSR count). The first-order valence-corrected chi connectivity index (χ1v) is 10.8. The summed E-state index contributed by atoms with van der Waals surface area (Å²) in [5, 5.41) is 2.56. The minimum atomic E-state index is -1.46. The minimum absolute atomic E-state index is 0.163. The van der Waals surface area contributed by atoms with Gasteiger partial charge in [-0.3, -0.25) is 24.0 Å². The SMILES string of the molecule is CC(=O)OCC1OC(OC(C)=O)C(NC(=O)COCc2ccccc2)C(OC(C)=O)[C@H]1OC(C)=O. The molecule has 12 nitrogen and oxygen atoms in total. The van der Waals surface area contributed by atoms with Gasteiger partial charge in [0, 0.05) is 27.7 Å². The van der Waals surface area contributed by atoms with Crippen molar-refractivity contribution < 1.29 is 52.4 Å². The fourth-order valence-corrected chi connectivity index (χ4v) is 3.38. The third-order valence-corrected chi connectivity index (χ3v) is 4.66. The maximum absolute atomic E-state index is 12.6. The van der Waals surface area contributed by atoms with Crippen LogP contribution in [0.15, 0.2) is 30.3 Å². The summed E-state index contributed by atoms with van der Waals surface area (Å²) in [5.41, 5.74) is 0.847. The summed E-state index contributed by atoms with van der Waals surface area (Å²) in [7, 11) is 0. The lowest BCUT2D eigenvalue weighted by molar-refractivity contribution is -0.271. The van der Waals surface area contributed by atoms with E-state index in [1.54, 1.807) is 0 Å². The molecular formula is C23H29NO11. The highest BCUT2D eigenvalue weighted by molar-refractivity contribution is 5.78. The average Bonchev–Trinajstić information content (AvgIpc) is 2.76. The third kappa shape index (κ3) is 9.33. The number of amides is 1. The van der Waals surface area contributed by atoms with Crippen molar-refractivity contribution in [3.63, 3.8) is 0 Å². The molecule has 1 aromatic rings. The minimum Gasteiger partial charge on any atom is -0.463 e. The molecule has 35 heavy (non-hydrogen) atoms. The molecule has 4 unspecified atom stereocenters. The number of benzene rings is 1. The van der Waals surface area contributed by atoms with Gasteiger partial charge in [0.05, 0.1) is 6.61 Å². The van der Waals surface area contributed by atoms with Gasteiger partial charge in [0.15, 0.2) is 12.2 Å². The highest BCUT2D eigenvalue weighted by atomic mass is 16.7. The summed E-state index contributed by atoms with van der Waals surface area (Å²) in [6.07, 6.45) is -5.26.